The molecule has 0 aromatic carbocycles. The lowest BCUT2D eigenvalue weighted by molar-refractivity contribution is 0.194. The Kier molecular flexibility index (Phi) is 6.74. The van der Waals surface area contributed by atoms with Crippen molar-refractivity contribution in [3.8, 4) is 0 Å². The standard InChI is InChI=1S/C13H27NS/c1-3-13-9-8-12(2)14(13)10-6-4-5-7-11-15/h12-13,15H,3-11H2,1-2H3. The van der Waals surface area contributed by atoms with E-state index in [1.54, 1.807) is 0 Å². The molecule has 1 saturated heterocycles. The smallest absolute Gasteiger partial charge is 0.00960 e. The van der Waals surface area contributed by atoms with Crippen molar-refractivity contribution in [3.05, 3.63) is 0 Å². The highest BCUT2D eigenvalue weighted by molar-refractivity contribution is 7.80. The van der Waals surface area contributed by atoms with Gasteiger partial charge in [-0.15, -0.1) is 0 Å². The van der Waals surface area contributed by atoms with E-state index in [4.69, 9.17) is 0 Å². The molecule has 1 fully saturated rings. The van der Waals surface area contributed by atoms with Gasteiger partial charge in [-0.25, -0.2) is 0 Å². The minimum atomic E-state index is 0.833. The zero-order chi connectivity index (χ0) is 11.1. The van der Waals surface area contributed by atoms with Gasteiger partial charge < -0.3 is 0 Å². The second-order valence-corrected chi connectivity index (χ2v) is 5.31. The summed E-state index contributed by atoms with van der Waals surface area (Å²) >= 11 is 4.24. The first-order valence-electron chi connectivity index (χ1n) is 6.66. The van der Waals surface area contributed by atoms with Crippen LogP contribution in [0.4, 0.5) is 0 Å². The lowest BCUT2D eigenvalue weighted by Crippen LogP contribution is -2.34. The number of hydrogen-bond acceptors (Lipinski definition) is 2. The Morgan fingerprint density at radius 2 is 1.87 bits per heavy atom. The van der Waals surface area contributed by atoms with Gasteiger partial charge in [-0.05, 0) is 51.3 Å². The summed E-state index contributed by atoms with van der Waals surface area (Å²) < 4.78 is 0. The van der Waals surface area contributed by atoms with E-state index in [1.165, 1.54) is 51.5 Å². The van der Waals surface area contributed by atoms with Crippen LogP contribution in [0.5, 0.6) is 0 Å². The van der Waals surface area contributed by atoms with Gasteiger partial charge in [0, 0.05) is 12.1 Å². The van der Waals surface area contributed by atoms with Gasteiger partial charge >= 0.3 is 0 Å². The zero-order valence-corrected chi connectivity index (χ0v) is 11.3. The monoisotopic (exact) mass is 229 g/mol. The van der Waals surface area contributed by atoms with Crippen molar-refractivity contribution < 1.29 is 0 Å². The Morgan fingerprint density at radius 1 is 1.13 bits per heavy atom. The molecule has 0 aromatic heterocycles. The summed E-state index contributed by atoms with van der Waals surface area (Å²) in [5.41, 5.74) is 0. The molecule has 0 bridgehead atoms. The molecule has 2 atom stereocenters. The molecule has 1 rings (SSSR count). The molecule has 0 saturated carbocycles. The van der Waals surface area contributed by atoms with Gasteiger partial charge in [-0.1, -0.05) is 19.8 Å². The molecule has 0 radical (unpaired) electrons. The SMILES string of the molecule is CCC1CCC(C)N1CCCCCCS. The predicted molar refractivity (Wildman–Crippen MR) is 71.8 cm³/mol. The Labute approximate surface area is 101 Å². The highest BCUT2D eigenvalue weighted by Crippen LogP contribution is 2.26. The summed E-state index contributed by atoms with van der Waals surface area (Å²) in [7, 11) is 0. The van der Waals surface area contributed by atoms with Gasteiger partial charge in [0.25, 0.3) is 0 Å². The van der Waals surface area contributed by atoms with E-state index in [2.05, 4.69) is 31.4 Å². The van der Waals surface area contributed by atoms with Crippen molar-refractivity contribution in [3.63, 3.8) is 0 Å². The molecule has 0 aliphatic carbocycles. The maximum Gasteiger partial charge on any atom is 0.00960 e. The van der Waals surface area contributed by atoms with Gasteiger partial charge in [0.1, 0.15) is 0 Å². The molecule has 15 heavy (non-hydrogen) atoms. The third kappa shape index (κ3) is 4.36. The molecule has 0 amide bonds. The van der Waals surface area contributed by atoms with Crippen LogP contribution in [0.1, 0.15) is 58.8 Å². The third-order valence-electron chi connectivity index (χ3n) is 3.75. The fourth-order valence-corrected chi connectivity index (χ4v) is 2.95. The molecule has 2 unspecified atom stereocenters. The second kappa shape index (κ2) is 7.56. The van der Waals surface area contributed by atoms with Crippen LogP contribution in [0.2, 0.25) is 0 Å². The summed E-state index contributed by atoms with van der Waals surface area (Å²) in [6.07, 6.45) is 9.59. The van der Waals surface area contributed by atoms with Gasteiger partial charge in [0.2, 0.25) is 0 Å². The van der Waals surface area contributed by atoms with E-state index in [0.29, 0.717) is 0 Å². The molecule has 1 aliphatic rings. The molecule has 2 heteroatoms. The number of unbranched alkanes of at least 4 members (excludes halogenated alkanes) is 3. The number of rotatable bonds is 7. The van der Waals surface area contributed by atoms with Gasteiger partial charge in [-0.2, -0.15) is 12.6 Å². The minimum Gasteiger partial charge on any atom is -0.298 e. The zero-order valence-electron chi connectivity index (χ0n) is 10.4. The van der Waals surface area contributed by atoms with E-state index in [0.717, 1.165) is 17.8 Å². The van der Waals surface area contributed by atoms with Crippen LogP contribution < -0.4 is 0 Å². The number of thiol groups is 1. The maximum absolute atomic E-state index is 4.24. The van der Waals surface area contributed by atoms with Crippen molar-refractivity contribution in [1.82, 2.24) is 4.90 Å². The Morgan fingerprint density at radius 3 is 2.53 bits per heavy atom. The van der Waals surface area contributed by atoms with Crippen molar-refractivity contribution in [2.24, 2.45) is 0 Å². The lowest BCUT2D eigenvalue weighted by atomic mass is 10.1. The molecule has 0 N–H and O–H groups in total. The normalized spacial score (nSPS) is 27.4. The average Bonchev–Trinajstić information content (AvgIpc) is 2.60. The first kappa shape index (κ1) is 13.4. The van der Waals surface area contributed by atoms with E-state index in [9.17, 15) is 0 Å². The van der Waals surface area contributed by atoms with Crippen LogP contribution in [0.15, 0.2) is 0 Å². The number of likely N-dealkylation sites (tertiary alicyclic amines) is 1. The van der Waals surface area contributed by atoms with E-state index in [-0.39, 0.29) is 0 Å². The highest BCUT2D eigenvalue weighted by atomic mass is 32.1. The molecule has 0 aromatic rings. The van der Waals surface area contributed by atoms with Crippen molar-refractivity contribution >= 4 is 12.6 Å². The topological polar surface area (TPSA) is 3.24 Å². The summed E-state index contributed by atoms with van der Waals surface area (Å²) in [5.74, 6) is 1.05. The van der Waals surface area contributed by atoms with Gasteiger partial charge in [-0.3, -0.25) is 4.90 Å². The van der Waals surface area contributed by atoms with Crippen LogP contribution in [-0.4, -0.2) is 29.3 Å². The van der Waals surface area contributed by atoms with Crippen molar-refractivity contribution in [2.75, 3.05) is 12.3 Å². The van der Waals surface area contributed by atoms with Crippen LogP contribution in [-0.2, 0) is 0 Å². The second-order valence-electron chi connectivity index (χ2n) is 4.86. The molecular formula is C13H27NS. The summed E-state index contributed by atoms with van der Waals surface area (Å²) in [5, 5.41) is 0. The Bertz CT molecular complexity index is 161. The maximum atomic E-state index is 4.24. The number of nitrogens with zero attached hydrogens (tertiary/aromatic N) is 1. The molecular weight excluding hydrogens is 202 g/mol. The first-order valence-corrected chi connectivity index (χ1v) is 7.29. The lowest BCUT2D eigenvalue weighted by Gasteiger charge is -2.27. The summed E-state index contributed by atoms with van der Waals surface area (Å²) in [4.78, 5) is 2.74. The van der Waals surface area contributed by atoms with E-state index < -0.39 is 0 Å². The molecule has 90 valence electrons. The Balaban J connectivity index is 2.13. The third-order valence-corrected chi connectivity index (χ3v) is 4.06. The first-order chi connectivity index (χ1) is 7.29. The van der Waals surface area contributed by atoms with E-state index in [1.807, 2.05) is 0 Å². The van der Waals surface area contributed by atoms with Crippen LogP contribution in [0.3, 0.4) is 0 Å². The fourth-order valence-electron chi connectivity index (χ4n) is 2.73. The van der Waals surface area contributed by atoms with Crippen LogP contribution >= 0.6 is 12.6 Å². The van der Waals surface area contributed by atoms with Crippen molar-refractivity contribution in [1.29, 1.82) is 0 Å². The van der Waals surface area contributed by atoms with Crippen LogP contribution in [0, 0.1) is 0 Å². The van der Waals surface area contributed by atoms with Crippen LogP contribution in [0.25, 0.3) is 0 Å². The predicted octanol–water partition coefficient (Wildman–Crippen LogP) is 3.74. The van der Waals surface area contributed by atoms with Crippen molar-refractivity contribution in [2.45, 2.75) is 70.9 Å². The molecule has 1 aliphatic heterocycles. The average molecular weight is 229 g/mol. The molecule has 0 spiro atoms. The number of hydrogen-bond donors (Lipinski definition) is 1. The van der Waals surface area contributed by atoms with E-state index >= 15 is 0 Å². The van der Waals surface area contributed by atoms with Gasteiger partial charge in [0.05, 0.1) is 0 Å². The fraction of sp³-hybridized carbons (Fsp3) is 1.00. The van der Waals surface area contributed by atoms with Gasteiger partial charge in [0.15, 0.2) is 0 Å². The summed E-state index contributed by atoms with van der Waals surface area (Å²) in [6.45, 7) is 6.05. The highest BCUT2D eigenvalue weighted by Gasteiger charge is 2.28. The largest absolute Gasteiger partial charge is 0.298 e. The Hall–Kier alpha value is 0.310. The minimum absolute atomic E-state index is 0.833. The molecule has 1 nitrogen and oxygen atoms in total. The molecule has 1 heterocycles. The summed E-state index contributed by atoms with van der Waals surface area (Å²) in [6, 6.07) is 1.71. The quantitative estimate of drug-likeness (QED) is 0.514.